The lowest BCUT2D eigenvalue weighted by atomic mass is 10.0. The maximum Gasteiger partial charge on any atom is 0.288 e. The fourth-order valence-electron chi connectivity index (χ4n) is 3.66. The molecular formula is C24H17BrN4O. The van der Waals surface area contributed by atoms with Gasteiger partial charge >= 0.3 is 0 Å². The second kappa shape index (κ2) is 7.65. The highest BCUT2D eigenvalue weighted by atomic mass is 79.9. The van der Waals surface area contributed by atoms with Crippen LogP contribution >= 0.6 is 15.9 Å². The number of hydrogen-bond donors (Lipinski definition) is 3. The number of para-hydroxylation sites is 1. The highest BCUT2D eigenvalue weighted by Gasteiger charge is 2.19. The number of aromatic amines is 2. The first kappa shape index (κ1) is 18.4. The monoisotopic (exact) mass is 456 g/mol. The molecule has 5 rings (SSSR count). The van der Waals surface area contributed by atoms with Gasteiger partial charge in [0.25, 0.3) is 5.91 Å². The molecule has 0 unspecified atom stereocenters. The number of nitrogens with one attached hydrogen (secondary N) is 3. The number of rotatable bonds is 4. The Kier molecular flexibility index (Phi) is 4.69. The predicted octanol–water partition coefficient (Wildman–Crippen LogP) is 5.84. The first-order chi connectivity index (χ1) is 14.7. The second-order valence-electron chi connectivity index (χ2n) is 6.92. The Morgan fingerprint density at radius 3 is 2.60 bits per heavy atom. The average Bonchev–Trinajstić information content (AvgIpc) is 3.36. The number of carbonyl (C=O) groups is 1. The van der Waals surface area contributed by atoms with Crippen molar-refractivity contribution in [3.8, 4) is 11.1 Å². The Hall–Kier alpha value is -3.64. The van der Waals surface area contributed by atoms with E-state index >= 15 is 0 Å². The number of nitrogens with zero attached hydrogens (tertiary/aromatic N) is 1. The third-order valence-electron chi connectivity index (χ3n) is 5.04. The molecular weight excluding hydrogens is 440 g/mol. The number of aromatic nitrogens is 2. The summed E-state index contributed by atoms with van der Waals surface area (Å²) in [6.07, 6.45) is 3.52. The van der Waals surface area contributed by atoms with E-state index in [1.807, 2.05) is 79.0 Å². The molecule has 30 heavy (non-hydrogen) atoms. The number of H-pyrrole nitrogens is 2. The first-order valence-corrected chi connectivity index (χ1v) is 10.3. The van der Waals surface area contributed by atoms with E-state index in [0.29, 0.717) is 5.69 Å². The Morgan fingerprint density at radius 2 is 1.73 bits per heavy atom. The van der Waals surface area contributed by atoms with E-state index in [4.69, 9.17) is 0 Å². The Bertz CT molecular complexity index is 1400. The van der Waals surface area contributed by atoms with Gasteiger partial charge in [-0.2, -0.15) is 5.10 Å². The quantitative estimate of drug-likeness (QED) is 0.230. The molecule has 0 saturated carbocycles. The molecule has 0 spiro atoms. The topological polar surface area (TPSA) is 73.0 Å². The standard InChI is InChI=1S/C24H17BrN4O/c25-17-10-11-21-19(12-17)22(15-6-2-1-3-7-15)23(28-21)24(30)29-27-14-16-13-26-20-9-5-4-8-18(16)20/h1-14,26,28H,(H,29,30)/b27-14-. The minimum absolute atomic E-state index is 0.294. The van der Waals surface area contributed by atoms with Gasteiger partial charge in [0.05, 0.1) is 6.21 Å². The molecule has 2 heterocycles. The minimum Gasteiger partial charge on any atom is -0.361 e. The average molecular weight is 457 g/mol. The van der Waals surface area contributed by atoms with Crippen LogP contribution in [0.3, 0.4) is 0 Å². The number of carbonyl (C=O) groups excluding carboxylic acids is 1. The van der Waals surface area contributed by atoms with E-state index in [0.717, 1.165) is 43.0 Å². The minimum atomic E-state index is -0.294. The smallest absolute Gasteiger partial charge is 0.288 e. The molecule has 5 nitrogen and oxygen atoms in total. The van der Waals surface area contributed by atoms with Gasteiger partial charge in [0.2, 0.25) is 0 Å². The molecule has 2 aromatic heterocycles. The van der Waals surface area contributed by atoms with Crippen molar-refractivity contribution >= 4 is 49.9 Å². The van der Waals surface area contributed by atoms with Gasteiger partial charge in [0, 0.05) is 43.6 Å². The van der Waals surface area contributed by atoms with Gasteiger partial charge in [-0.1, -0.05) is 64.5 Å². The molecule has 0 aliphatic carbocycles. The highest BCUT2D eigenvalue weighted by Crippen LogP contribution is 2.34. The fraction of sp³-hybridized carbons (Fsp3) is 0. The van der Waals surface area contributed by atoms with E-state index in [1.54, 1.807) is 6.21 Å². The van der Waals surface area contributed by atoms with Crippen molar-refractivity contribution < 1.29 is 4.79 Å². The maximum atomic E-state index is 13.0. The Labute approximate surface area is 181 Å². The molecule has 6 heteroatoms. The summed E-state index contributed by atoms with van der Waals surface area (Å²) >= 11 is 3.53. The Morgan fingerprint density at radius 1 is 0.933 bits per heavy atom. The van der Waals surface area contributed by atoms with Gasteiger partial charge in [-0.05, 0) is 29.8 Å². The molecule has 146 valence electrons. The van der Waals surface area contributed by atoms with Gasteiger partial charge < -0.3 is 9.97 Å². The molecule has 0 aliphatic heterocycles. The predicted molar refractivity (Wildman–Crippen MR) is 125 cm³/mol. The summed E-state index contributed by atoms with van der Waals surface area (Å²) < 4.78 is 0.954. The fourth-order valence-corrected chi connectivity index (χ4v) is 4.02. The van der Waals surface area contributed by atoms with Crippen LogP contribution < -0.4 is 5.43 Å². The van der Waals surface area contributed by atoms with Gasteiger partial charge in [-0.25, -0.2) is 5.43 Å². The van der Waals surface area contributed by atoms with Gasteiger partial charge in [-0.15, -0.1) is 0 Å². The summed E-state index contributed by atoms with van der Waals surface area (Å²) in [6.45, 7) is 0. The molecule has 0 radical (unpaired) electrons. The largest absolute Gasteiger partial charge is 0.361 e. The van der Waals surface area contributed by atoms with E-state index in [2.05, 4.69) is 36.4 Å². The van der Waals surface area contributed by atoms with Crippen molar-refractivity contribution in [2.75, 3.05) is 0 Å². The molecule has 5 aromatic rings. The summed E-state index contributed by atoms with van der Waals surface area (Å²) in [6, 6.07) is 23.7. The van der Waals surface area contributed by atoms with Crippen LogP contribution in [0.15, 0.2) is 88.6 Å². The zero-order chi connectivity index (χ0) is 20.5. The van der Waals surface area contributed by atoms with Crippen LogP contribution in [0.4, 0.5) is 0 Å². The van der Waals surface area contributed by atoms with Crippen LogP contribution in [0, 0.1) is 0 Å². The summed E-state index contributed by atoms with van der Waals surface area (Å²) in [5.74, 6) is -0.294. The molecule has 0 aliphatic rings. The van der Waals surface area contributed by atoms with E-state index in [1.165, 1.54) is 0 Å². The maximum absolute atomic E-state index is 13.0. The SMILES string of the molecule is O=C(N/N=C\c1c[nH]c2ccccc12)c1[nH]c2ccc(Br)cc2c1-c1ccccc1. The lowest BCUT2D eigenvalue weighted by Crippen LogP contribution is -2.18. The molecule has 0 saturated heterocycles. The lowest BCUT2D eigenvalue weighted by molar-refractivity contribution is 0.0951. The number of hydrazone groups is 1. The summed E-state index contributed by atoms with van der Waals surface area (Å²) in [5.41, 5.74) is 7.79. The zero-order valence-electron chi connectivity index (χ0n) is 15.8. The summed E-state index contributed by atoms with van der Waals surface area (Å²) in [7, 11) is 0. The van der Waals surface area contributed by atoms with Gasteiger partial charge in [-0.3, -0.25) is 4.79 Å². The van der Waals surface area contributed by atoms with E-state index < -0.39 is 0 Å². The van der Waals surface area contributed by atoms with Crippen LogP contribution in [0.2, 0.25) is 0 Å². The zero-order valence-corrected chi connectivity index (χ0v) is 17.4. The third-order valence-corrected chi connectivity index (χ3v) is 5.53. The number of amides is 1. The molecule has 1 amide bonds. The summed E-state index contributed by atoms with van der Waals surface area (Å²) in [5, 5.41) is 6.21. The van der Waals surface area contributed by atoms with Crippen molar-refractivity contribution in [2.24, 2.45) is 5.10 Å². The third kappa shape index (κ3) is 3.31. The van der Waals surface area contributed by atoms with Crippen LogP contribution in [0.5, 0.6) is 0 Å². The lowest BCUT2D eigenvalue weighted by Gasteiger charge is -2.04. The van der Waals surface area contributed by atoms with Crippen LogP contribution in [0.1, 0.15) is 16.1 Å². The van der Waals surface area contributed by atoms with Gasteiger partial charge in [0.1, 0.15) is 5.69 Å². The first-order valence-electron chi connectivity index (χ1n) is 9.47. The number of halogens is 1. The molecule has 0 fully saturated rings. The van der Waals surface area contributed by atoms with E-state index in [-0.39, 0.29) is 5.91 Å². The van der Waals surface area contributed by atoms with Crippen molar-refractivity contribution in [3.05, 3.63) is 94.7 Å². The van der Waals surface area contributed by atoms with Gasteiger partial charge in [0.15, 0.2) is 0 Å². The number of benzene rings is 3. The highest BCUT2D eigenvalue weighted by molar-refractivity contribution is 9.10. The number of fused-ring (bicyclic) bond motifs is 2. The molecule has 0 bridgehead atoms. The van der Waals surface area contributed by atoms with Crippen molar-refractivity contribution in [2.45, 2.75) is 0 Å². The second-order valence-corrected chi connectivity index (χ2v) is 7.84. The summed E-state index contributed by atoms with van der Waals surface area (Å²) in [4.78, 5) is 19.5. The van der Waals surface area contributed by atoms with Crippen LogP contribution in [-0.2, 0) is 0 Å². The van der Waals surface area contributed by atoms with E-state index in [9.17, 15) is 4.79 Å². The molecule has 0 atom stereocenters. The van der Waals surface area contributed by atoms with Crippen LogP contribution in [0.25, 0.3) is 32.9 Å². The van der Waals surface area contributed by atoms with Crippen molar-refractivity contribution in [1.82, 2.24) is 15.4 Å². The van der Waals surface area contributed by atoms with Crippen LogP contribution in [-0.4, -0.2) is 22.1 Å². The number of hydrogen-bond acceptors (Lipinski definition) is 2. The normalized spacial score (nSPS) is 11.5. The van der Waals surface area contributed by atoms with Crippen molar-refractivity contribution in [3.63, 3.8) is 0 Å². The van der Waals surface area contributed by atoms with Crippen molar-refractivity contribution in [1.29, 1.82) is 0 Å². The molecule has 3 N–H and O–H groups in total. The molecule has 3 aromatic carbocycles. The Balaban J connectivity index is 1.50.